The Bertz CT molecular complexity index is 872. The van der Waals surface area contributed by atoms with Gasteiger partial charge in [0.2, 0.25) is 0 Å². The van der Waals surface area contributed by atoms with Gasteiger partial charge in [-0.05, 0) is 31.0 Å². The molecule has 0 spiro atoms. The van der Waals surface area contributed by atoms with Crippen molar-refractivity contribution in [3.8, 4) is 0 Å². The smallest absolute Gasteiger partial charge is 0.278 e. The summed E-state index contributed by atoms with van der Waals surface area (Å²) in [6, 6.07) is 15.2. The van der Waals surface area contributed by atoms with Crippen LogP contribution in [-0.4, -0.2) is 37.0 Å². The van der Waals surface area contributed by atoms with Gasteiger partial charge in [0.15, 0.2) is 0 Å². The molecule has 3 rings (SSSR count). The summed E-state index contributed by atoms with van der Waals surface area (Å²) in [6.45, 7) is 4.52. The van der Waals surface area contributed by atoms with Crippen molar-refractivity contribution in [1.82, 2.24) is 4.90 Å². The molecule has 2 aromatic carbocycles. The number of ether oxygens (including phenoxy) is 1. The second kappa shape index (κ2) is 7.54. The second-order valence-corrected chi connectivity index (χ2v) is 6.31. The fourth-order valence-corrected chi connectivity index (χ4v) is 3.04. The molecule has 5 heteroatoms. The second-order valence-electron chi connectivity index (χ2n) is 6.31. The normalized spacial score (nSPS) is 14.3. The molecule has 0 saturated heterocycles. The monoisotopic (exact) mass is 350 g/mol. The van der Waals surface area contributed by atoms with Crippen LogP contribution in [0.25, 0.3) is 5.57 Å². The highest BCUT2D eigenvalue weighted by atomic mass is 16.5. The van der Waals surface area contributed by atoms with E-state index in [1.807, 2.05) is 62.4 Å². The summed E-state index contributed by atoms with van der Waals surface area (Å²) in [4.78, 5) is 27.1. The van der Waals surface area contributed by atoms with Crippen LogP contribution in [-0.2, 0) is 14.3 Å². The van der Waals surface area contributed by atoms with E-state index in [1.165, 1.54) is 4.90 Å². The molecule has 0 aliphatic carbocycles. The minimum atomic E-state index is -0.328. The Morgan fingerprint density at radius 1 is 1.00 bits per heavy atom. The number of carbonyl (C=O) groups excluding carboxylic acids is 2. The third-order valence-corrected chi connectivity index (χ3v) is 4.39. The van der Waals surface area contributed by atoms with Crippen LogP contribution in [0.15, 0.2) is 54.2 Å². The lowest BCUT2D eigenvalue weighted by molar-refractivity contribution is -0.137. The molecule has 0 bridgehead atoms. The van der Waals surface area contributed by atoms with Crippen LogP contribution in [0.2, 0.25) is 0 Å². The van der Waals surface area contributed by atoms with Crippen molar-refractivity contribution in [3.05, 3.63) is 70.9 Å². The molecule has 0 saturated carbocycles. The van der Waals surface area contributed by atoms with Crippen LogP contribution in [0.4, 0.5) is 5.69 Å². The Morgan fingerprint density at radius 2 is 1.73 bits per heavy atom. The average Bonchev–Trinajstić information content (AvgIpc) is 2.86. The summed E-state index contributed by atoms with van der Waals surface area (Å²) in [5.74, 6) is -0.628. The molecular weight excluding hydrogens is 328 g/mol. The van der Waals surface area contributed by atoms with Gasteiger partial charge in [-0.3, -0.25) is 14.5 Å². The molecule has 0 unspecified atom stereocenters. The summed E-state index contributed by atoms with van der Waals surface area (Å²) >= 11 is 0. The van der Waals surface area contributed by atoms with Gasteiger partial charge in [-0.15, -0.1) is 0 Å². The third kappa shape index (κ3) is 3.39. The Hall–Kier alpha value is -2.92. The van der Waals surface area contributed by atoms with Crippen molar-refractivity contribution < 1.29 is 14.3 Å². The number of carbonyl (C=O) groups is 2. The first-order chi connectivity index (χ1) is 12.5. The lowest BCUT2D eigenvalue weighted by atomic mass is 10.0. The molecule has 0 aromatic heterocycles. The maximum Gasteiger partial charge on any atom is 0.278 e. The summed E-state index contributed by atoms with van der Waals surface area (Å²) in [7, 11) is 1.55. The van der Waals surface area contributed by atoms with Gasteiger partial charge in [0.05, 0.1) is 18.7 Å². The number of methoxy groups -OCH3 is 1. The first-order valence-corrected chi connectivity index (χ1v) is 8.52. The summed E-state index contributed by atoms with van der Waals surface area (Å²) in [5, 5.41) is 3.20. The van der Waals surface area contributed by atoms with Crippen LogP contribution < -0.4 is 5.32 Å². The molecule has 26 heavy (non-hydrogen) atoms. The van der Waals surface area contributed by atoms with Gasteiger partial charge in [-0.1, -0.05) is 48.0 Å². The fourth-order valence-electron chi connectivity index (χ4n) is 3.04. The molecule has 0 fully saturated rings. The number of aryl methyl sites for hydroxylation is 2. The fraction of sp³-hybridized carbons (Fsp3) is 0.238. The van der Waals surface area contributed by atoms with E-state index in [2.05, 4.69) is 5.32 Å². The highest BCUT2D eigenvalue weighted by Crippen LogP contribution is 2.31. The number of benzene rings is 2. The number of hydrogen-bond acceptors (Lipinski definition) is 4. The van der Waals surface area contributed by atoms with E-state index in [0.29, 0.717) is 17.9 Å². The van der Waals surface area contributed by atoms with E-state index in [0.717, 1.165) is 22.4 Å². The SMILES string of the molecule is COCCN1C(=O)C(Nc2ccc(C)cc2C)=C(c2ccccc2)C1=O. The van der Waals surface area contributed by atoms with E-state index in [1.54, 1.807) is 7.11 Å². The molecule has 0 atom stereocenters. The van der Waals surface area contributed by atoms with Crippen molar-refractivity contribution >= 4 is 23.1 Å². The van der Waals surface area contributed by atoms with Crippen LogP contribution in [0.1, 0.15) is 16.7 Å². The van der Waals surface area contributed by atoms with Gasteiger partial charge >= 0.3 is 0 Å². The first kappa shape index (κ1) is 17.9. The summed E-state index contributed by atoms with van der Waals surface area (Å²) < 4.78 is 5.04. The molecule has 1 aliphatic rings. The predicted molar refractivity (Wildman–Crippen MR) is 101 cm³/mol. The van der Waals surface area contributed by atoms with Crippen LogP contribution in [0.5, 0.6) is 0 Å². The molecule has 1 heterocycles. The van der Waals surface area contributed by atoms with Gasteiger partial charge < -0.3 is 10.1 Å². The van der Waals surface area contributed by atoms with Crippen LogP contribution in [0, 0.1) is 13.8 Å². The number of nitrogens with one attached hydrogen (secondary N) is 1. The summed E-state index contributed by atoms with van der Waals surface area (Å²) in [6.07, 6.45) is 0. The lowest BCUT2D eigenvalue weighted by Gasteiger charge is -2.15. The topological polar surface area (TPSA) is 58.6 Å². The maximum atomic E-state index is 12.9. The van der Waals surface area contributed by atoms with E-state index < -0.39 is 0 Å². The van der Waals surface area contributed by atoms with E-state index in [4.69, 9.17) is 4.74 Å². The third-order valence-electron chi connectivity index (χ3n) is 4.39. The molecule has 1 aliphatic heterocycles. The minimum Gasteiger partial charge on any atom is -0.383 e. The van der Waals surface area contributed by atoms with Gasteiger partial charge in [-0.2, -0.15) is 0 Å². The number of hydrogen-bond donors (Lipinski definition) is 1. The molecule has 134 valence electrons. The number of rotatable bonds is 6. The number of imide groups is 1. The Kier molecular flexibility index (Phi) is 5.19. The van der Waals surface area contributed by atoms with Gasteiger partial charge in [0.25, 0.3) is 11.8 Å². The Balaban J connectivity index is 2.04. The lowest BCUT2D eigenvalue weighted by Crippen LogP contribution is -2.35. The molecule has 2 amide bonds. The highest BCUT2D eigenvalue weighted by molar-refractivity contribution is 6.36. The molecule has 2 aromatic rings. The van der Waals surface area contributed by atoms with Gasteiger partial charge in [-0.25, -0.2) is 0 Å². The quantitative estimate of drug-likeness (QED) is 0.813. The summed E-state index contributed by atoms with van der Waals surface area (Å²) in [5.41, 5.74) is 4.39. The van der Waals surface area contributed by atoms with Crippen molar-refractivity contribution in [2.24, 2.45) is 0 Å². The van der Waals surface area contributed by atoms with E-state index in [-0.39, 0.29) is 18.4 Å². The van der Waals surface area contributed by atoms with Crippen molar-refractivity contribution in [1.29, 1.82) is 0 Å². The highest BCUT2D eigenvalue weighted by Gasteiger charge is 2.38. The van der Waals surface area contributed by atoms with Crippen LogP contribution >= 0.6 is 0 Å². The molecule has 0 radical (unpaired) electrons. The van der Waals surface area contributed by atoms with Gasteiger partial charge in [0, 0.05) is 12.8 Å². The van der Waals surface area contributed by atoms with E-state index in [9.17, 15) is 9.59 Å². The van der Waals surface area contributed by atoms with Crippen molar-refractivity contribution in [2.75, 3.05) is 25.6 Å². The average molecular weight is 350 g/mol. The molecule has 5 nitrogen and oxygen atoms in total. The minimum absolute atomic E-state index is 0.225. The van der Waals surface area contributed by atoms with Crippen LogP contribution in [0.3, 0.4) is 0 Å². The van der Waals surface area contributed by atoms with Gasteiger partial charge in [0.1, 0.15) is 5.70 Å². The maximum absolute atomic E-state index is 12.9. The zero-order chi connectivity index (χ0) is 18.7. The largest absolute Gasteiger partial charge is 0.383 e. The molecule has 1 N–H and O–H groups in total. The zero-order valence-corrected chi connectivity index (χ0v) is 15.2. The predicted octanol–water partition coefficient (Wildman–Crippen LogP) is 3.14. The van der Waals surface area contributed by atoms with Crippen molar-refractivity contribution in [3.63, 3.8) is 0 Å². The van der Waals surface area contributed by atoms with E-state index >= 15 is 0 Å². The number of anilines is 1. The standard InChI is InChI=1S/C21H22N2O3/c1-14-9-10-17(15(2)13-14)22-19-18(16-7-5-4-6-8-16)20(24)23(21(19)25)11-12-26-3/h4-10,13,22H,11-12H2,1-3H3. The number of nitrogens with zero attached hydrogens (tertiary/aromatic N) is 1. The van der Waals surface area contributed by atoms with Crippen molar-refractivity contribution in [2.45, 2.75) is 13.8 Å². The molecular formula is C21H22N2O3. The zero-order valence-electron chi connectivity index (χ0n) is 15.2. The number of amides is 2. The Morgan fingerprint density at radius 3 is 2.38 bits per heavy atom. The first-order valence-electron chi connectivity index (χ1n) is 8.52. The Labute approximate surface area is 153 Å².